The Hall–Kier alpha value is -0.250. The fraction of sp³-hybridized carbons (Fsp3) is 1.00. The van der Waals surface area contributed by atoms with Crippen LogP contribution in [0.15, 0.2) is 0 Å². The Morgan fingerprint density at radius 2 is 1.86 bits per heavy atom. The van der Waals surface area contributed by atoms with Gasteiger partial charge in [-0.15, -0.1) is 0 Å². The predicted octanol–water partition coefficient (Wildman–Crippen LogP) is 2.92. The highest BCUT2D eigenvalue weighted by Crippen LogP contribution is 2.48. The van der Waals surface area contributed by atoms with Gasteiger partial charge in [0.25, 0.3) is 5.92 Å². The third-order valence-electron chi connectivity index (χ3n) is 2.91. The third-order valence-corrected chi connectivity index (χ3v) is 2.91. The van der Waals surface area contributed by atoms with Gasteiger partial charge in [-0.25, -0.2) is 13.2 Å². The smallest absolute Gasteiger partial charge is 0.278 e. The normalized spacial score (nSPS) is 45.2. The molecule has 14 heavy (non-hydrogen) atoms. The van der Waals surface area contributed by atoms with Crippen molar-refractivity contribution in [1.29, 1.82) is 0 Å². The van der Waals surface area contributed by atoms with Gasteiger partial charge in [-0.2, -0.15) is 0 Å². The van der Waals surface area contributed by atoms with Crippen molar-refractivity contribution in [3.05, 3.63) is 0 Å². The van der Waals surface area contributed by atoms with Gasteiger partial charge in [0.15, 0.2) is 5.67 Å². The molecule has 3 unspecified atom stereocenters. The Kier molecular flexibility index (Phi) is 2.64. The van der Waals surface area contributed by atoms with Gasteiger partial charge < -0.3 is 5.11 Å². The molecule has 1 aliphatic rings. The zero-order valence-corrected chi connectivity index (χ0v) is 8.78. The molecule has 1 saturated carbocycles. The van der Waals surface area contributed by atoms with Crippen molar-refractivity contribution in [1.82, 2.24) is 0 Å². The van der Waals surface area contributed by atoms with Gasteiger partial charge in [-0.05, 0) is 25.7 Å². The van der Waals surface area contributed by atoms with E-state index in [1.165, 1.54) is 6.92 Å². The first-order valence-electron chi connectivity index (χ1n) is 4.85. The first-order valence-corrected chi connectivity index (χ1v) is 4.85. The number of halogens is 3. The number of hydrogen-bond acceptors (Lipinski definition) is 1. The molecule has 1 rings (SSSR count). The minimum absolute atomic E-state index is 0.174. The molecule has 0 spiro atoms. The van der Waals surface area contributed by atoms with E-state index >= 15 is 0 Å². The maximum Gasteiger partial charge on any atom is 0.278 e. The summed E-state index contributed by atoms with van der Waals surface area (Å²) in [4.78, 5) is 0. The maximum atomic E-state index is 13.9. The number of hydrogen-bond donors (Lipinski definition) is 1. The number of rotatable bonds is 1. The second-order valence-corrected chi connectivity index (χ2v) is 5.04. The summed E-state index contributed by atoms with van der Waals surface area (Å²) in [5.74, 6) is -3.60. The van der Waals surface area contributed by atoms with Crippen molar-refractivity contribution < 1.29 is 18.3 Å². The van der Waals surface area contributed by atoms with Crippen LogP contribution in [0.1, 0.15) is 40.0 Å². The van der Waals surface area contributed by atoms with E-state index in [0.29, 0.717) is 13.3 Å². The van der Waals surface area contributed by atoms with Crippen LogP contribution < -0.4 is 0 Å². The van der Waals surface area contributed by atoms with E-state index in [1.807, 2.05) is 0 Å². The van der Waals surface area contributed by atoms with Gasteiger partial charge in [0.1, 0.15) is 0 Å². The van der Waals surface area contributed by atoms with Crippen LogP contribution >= 0.6 is 0 Å². The molecule has 3 atom stereocenters. The molecule has 1 aliphatic carbocycles. The molecule has 0 heterocycles. The molecule has 0 radical (unpaired) electrons. The summed E-state index contributed by atoms with van der Waals surface area (Å²) >= 11 is 0. The summed E-state index contributed by atoms with van der Waals surface area (Å²) in [6.07, 6.45) is -0.269. The lowest BCUT2D eigenvalue weighted by atomic mass is 9.70. The average Bonchev–Trinajstić information content (AvgIpc) is 1.76. The molecule has 0 bridgehead atoms. The fourth-order valence-electron chi connectivity index (χ4n) is 2.46. The van der Waals surface area contributed by atoms with Gasteiger partial charge in [0.2, 0.25) is 0 Å². The Morgan fingerprint density at radius 3 is 2.21 bits per heavy atom. The van der Waals surface area contributed by atoms with E-state index in [0.717, 1.165) is 0 Å². The molecule has 0 saturated heterocycles. The predicted molar refractivity (Wildman–Crippen MR) is 48.1 cm³/mol. The Bertz CT molecular complexity index is 222. The molecular weight excluding hydrogens is 193 g/mol. The van der Waals surface area contributed by atoms with Gasteiger partial charge in [0, 0.05) is 13.3 Å². The van der Waals surface area contributed by atoms with Crippen molar-refractivity contribution in [2.75, 3.05) is 0 Å². The summed E-state index contributed by atoms with van der Waals surface area (Å²) in [6, 6.07) is 0. The summed E-state index contributed by atoms with van der Waals surface area (Å²) in [7, 11) is 0. The SMILES string of the molecule is CC1CC(C)(O)CC(F)(C(C)(F)F)C1. The first-order chi connectivity index (χ1) is 6.06. The van der Waals surface area contributed by atoms with Crippen molar-refractivity contribution in [2.45, 2.75) is 57.2 Å². The van der Waals surface area contributed by atoms with Crippen LogP contribution in [0.3, 0.4) is 0 Å². The third kappa shape index (κ3) is 2.22. The lowest BCUT2D eigenvalue weighted by molar-refractivity contribution is -0.183. The lowest BCUT2D eigenvalue weighted by Gasteiger charge is -2.44. The molecule has 0 aromatic rings. The standard InChI is InChI=1S/C10H17F3O/c1-7-4-8(2,14)6-10(13,5-7)9(3,11)12/h7,14H,4-6H2,1-3H3. The van der Waals surface area contributed by atoms with Crippen LogP contribution in [0.4, 0.5) is 13.2 Å². The van der Waals surface area contributed by atoms with Crippen LogP contribution in [0.25, 0.3) is 0 Å². The van der Waals surface area contributed by atoms with Gasteiger partial charge in [0.05, 0.1) is 5.60 Å². The number of aliphatic hydroxyl groups is 1. The van der Waals surface area contributed by atoms with Crippen molar-refractivity contribution in [2.24, 2.45) is 5.92 Å². The van der Waals surface area contributed by atoms with Gasteiger partial charge in [-0.3, -0.25) is 0 Å². The van der Waals surface area contributed by atoms with E-state index in [1.54, 1.807) is 6.92 Å². The van der Waals surface area contributed by atoms with Crippen molar-refractivity contribution in [3.63, 3.8) is 0 Å². The fourth-order valence-corrected chi connectivity index (χ4v) is 2.46. The molecule has 0 aliphatic heterocycles. The molecule has 84 valence electrons. The van der Waals surface area contributed by atoms with Crippen LogP contribution in [-0.2, 0) is 0 Å². The quantitative estimate of drug-likeness (QED) is 0.705. The highest BCUT2D eigenvalue weighted by molar-refractivity contribution is 5.01. The monoisotopic (exact) mass is 210 g/mol. The van der Waals surface area contributed by atoms with Gasteiger partial charge >= 0.3 is 0 Å². The number of alkyl halides is 3. The van der Waals surface area contributed by atoms with Crippen LogP contribution in [-0.4, -0.2) is 22.3 Å². The molecule has 1 nitrogen and oxygen atoms in total. The summed E-state index contributed by atoms with van der Waals surface area (Å²) in [6.45, 7) is 3.69. The molecule has 1 fully saturated rings. The van der Waals surface area contributed by atoms with E-state index in [-0.39, 0.29) is 12.3 Å². The Morgan fingerprint density at radius 1 is 1.36 bits per heavy atom. The Labute approximate surface area is 82.3 Å². The molecular formula is C10H17F3O. The van der Waals surface area contributed by atoms with Crippen LogP contribution in [0.2, 0.25) is 0 Å². The minimum atomic E-state index is -3.38. The van der Waals surface area contributed by atoms with Gasteiger partial charge in [-0.1, -0.05) is 6.92 Å². The molecule has 1 N–H and O–H groups in total. The largest absolute Gasteiger partial charge is 0.390 e. The Balaban J connectivity index is 2.90. The topological polar surface area (TPSA) is 20.2 Å². The van der Waals surface area contributed by atoms with Crippen LogP contribution in [0, 0.1) is 5.92 Å². The van der Waals surface area contributed by atoms with E-state index in [4.69, 9.17) is 0 Å². The molecule has 0 aromatic heterocycles. The van der Waals surface area contributed by atoms with E-state index in [9.17, 15) is 18.3 Å². The second kappa shape index (κ2) is 3.12. The second-order valence-electron chi connectivity index (χ2n) is 5.04. The lowest BCUT2D eigenvalue weighted by Crippen LogP contribution is -2.53. The molecule has 0 amide bonds. The molecule has 4 heteroatoms. The highest BCUT2D eigenvalue weighted by Gasteiger charge is 2.57. The summed E-state index contributed by atoms with van der Waals surface area (Å²) < 4.78 is 40.0. The zero-order chi connectivity index (χ0) is 11.2. The highest BCUT2D eigenvalue weighted by atomic mass is 19.3. The maximum absolute atomic E-state index is 13.9. The average molecular weight is 210 g/mol. The summed E-state index contributed by atoms with van der Waals surface area (Å²) in [5.41, 5.74) is -3.87. The minimum Gasteiger partial charge on any atom is -0.390 e. The van der Waals surface area contributed by atoms with E-state index in [2.05, 4.69) is 0 Å². The first kappa shape index (κ1) is 11.8. The molecule has 0 aromatic carbocycles. The van der Waals surface area contributed by atoms with Crippen LogP contribution in [0.5, 0.6) is 0 Å². The summed E-state index contributed by atoms with van der Waals surface area (Å²) in [5, 5.41) is 9.67. The van der Waals surface area contributed by atoms with Crippen molar-refractivity contribution in [3.8, 4) is 0 Å². The van der Waals surface area contributed by atoms with E-state index < -0.39 is 23.6 Å². The van der Waals surface area contributed by atoms with Crippen molar-refractivity contribution >= 4 is 0 Å². The zero-order valence-electron chi connectivity index (χ0n) is 8.78.